The standard InChI is InChI=1S/C17H19FN4O2/c1-11-17(13-3-5-14(18)6-4-13)20-15-10-21(7-8-22(11)15)16(24)9-19-12(2)23/h3-6H,7-10H2,1-2H3,(H,19,23). The molecule has 6 nitrogen and oxygen atoms in total. The van der Waals surface area contributed by atoms with E-state index in [1.54, 1.807) is 17.0 Å². The molecule has 0 unspecified atom stereocenters. The van der Waals surface area contributed by atoms with Gasteiger partial charge in [-0.1, -0.05) is 0 Å². The minimum Gasteiger partial charge on any atom is -0.347 e. The Hall–Kier alpha value is -2.70. The summed E-state index contributed by atoms with van der Waals surface area (Å²) >= 11 is 0. The highest BCUT2D eigenvalue weighted by atomic mass is 19.1. The van der Waals surface area contributed by atoms with Crippen LogP contribution in [-0.4, -0.2) is 39.4 Å². The highest BCUT2D eigenvalue weighted by Gasteiger charge is 2.25. The van der Waals surface area contributed by atoms with E-state index in [0.717, 1.165) is 22.8 Å². The van der Waals surface area contributed by atoms with Crippen LogP contribution in [0.2, 0.25) is 0 Å². The van der Waals surface area contributed by atoms with Crippen LogP contribution in [0, 0.1) is 12.7 Å². The largest absolute Gasteiger partial charge is 0.347 e. The van der Waals surface area contributed by atoms with Gasteiger partial charge in [0.15, 0.2) is 0 Å². The van der Waals surface area contributed by atoms with Crippen LogP contribution in [0.15, 0.2) is 24.3 Å². The summed E-state index contributed by atoms with van der Waals surface area (Å²) in [6.45, 7) is 4.99. The van der Waals surface area contributed by atoms with Crippen molar-refractivity contribution < 1.29 is 14.0 Å². The minimum absolute atomic E-state index is 0.000155. The SMILES string of the molecule is CC(=O)NCC(=O)N1CCn2c(nc(-c3ccc(F)cc3)c2C)C1. The summed E-state index contributed by atoms with van der Waals surface area (Å²) in [7, 11) is 0. The number of imidazole rings is 1. The van der Waals surface area contributed by atoms with Crippen LogP contribution in [0.1, 0.15) is 18.4 Å². The zero-order valence-corrected chi connectivity index (χ0v) is 13.7. The second kappa shape index (κ2) is 6.43. The molecule has 0 aliphatic carbocycles. The summed E-state index contributed by atoms with van der Waals surface area (Å²) in [5.74, 6) is 0.168. The van der Waals surface area contributed by atoms with Crippen molar-refractivity contribution in [1.82, 2.24) is 19.8 Å². The zero-order valence-electron chi connectivity index (χ0n) is 13.7. The smallest absolute Gasteiger partial charge is 0.242 e. The third kappa shape index (κ3) is 3.15. The Morgan fingerprint density at radius 1 is 1.25 bits per heavy atom. The molecular weight excluding hydrogens is 311 g/mol. The fourth-order valence-electron chi connectivity index (χ4n) is 2.89. The fraction of sp³-hybridized carbons (Fsp3) is 0.353. The lowest BCUT2D eigenvalue weighted by atomic mass is 10.1. The first-order valence-electron chi connectivity index (χ1n) is 7.80. The van der Waals surface area contributed by atoms with Crippen molar-refractivity contribution >= 4 is 11.8 Å². The topological polar surface area (TPSA) is 67.2 Å². The first kappa shape index (κ1) is 16.2. The number of hydrogen-bond acceptors (Lipinski definition) is 3. The van der Waals surface area contributed by atoms with E-state index >= 15 is 0 Å². The zero-order chi connectivity index (χ0) is 17.3. The van der Waals surface area contributed by atoms with Crippen LogP contribution in [-0.2, 0) is 22.7 Å². The number of hydrogen-bond donors (Lipinski definition) is 1. The monoisotopic (exact) mass is 330 g/mol. The number of nitrogens with zero attached hydrogens (tertiary/aromatic N) is 3. The molecule has 2 aromatic rings. The van der Waals surface area contributed by atoms with Crippen LogP contribution in [0.5, 0.6) is 0 Å². The van der Waals surface area contributed by atoms with Gasteiger partial charge in [-0.15, -0.1) is 0 Å². The molecule has 0 saturated heterocycles. The molecule has 24 heavy (non-hydrogen) atoms. The number of halogens is 1. The average molecular weight is 330 g/mol. The second-order valence-corrected chi connectivity index (χ2v) is 5.85. The lowest BCUT2D eigenvalue weighted by molar-refractivity contribution is -0.133. The highest BCUT2D eigenvalue weighted by Crippen LogP contribution is 2.26. The Morgan fingerprint density at radius 2 is 1.96 bits per heavy atom. The molecule has 2 amide bonds. The van der Waals surface area contributed by atoms with Gasteiger partial charge in [0.25, 0.3) is 0 Å². The summed E-state index contributed by atoms with van der Waals surface area (Å²) in [4.78, 5) is 29.4. The molecule has 3 rings (SSSR count). The predicted octanol–water partition coefficient (Wildman–Crippen LogP) is 1.48. The second-order valence-electron chi connectivity index (χ2n) is 5.85. The molecule has 1 aromatic heterocycles. The number of rotatable bonds is 3. The van der Waals surface area contributed by atoms with E-state index in [-0.39, 0.29) is 24.2 Å². The van der Waals surface area contributed by atoms with Gasteiger partial charge in [0.05, 0.1) is 18.8 Å². The number of carbonyl (C=O) groups is 2. The van der Waals surface area contributed by atoms with Crippen molar-refractivity contribution in [3.63, 3.8) is 0 Å². The van der Waals surface area contributed by atoms with E-state index in [4.69, 9.17) is 0 Å². The Morgan fingerprint density at radius 3 is 2.62 bits per heavy atom. The molecule has 0 radical (unpaired) electrons. The summed E-state index contributed by atoms with van der Waals surface area (Å²) in [6.07, 6.45) is 0. The van der Waals surface area contributed by atoms with Gasteiger partial charge in [-0.25, -0.2) is 9.37 Å². The normalized spacial score (nSPS) is 13.5. The van der Waals surface area contributed by atoms with Crippen molar-refractivity contribution in [2.75, 3.05) is 13.1 Å². The number of benzene rings is 1. The molecular formula is C17H19FN4O2. The van der Waals surface area contributed by atoms with Crippen molar-refractivity contribution in [3.05, 3.63) is 41.6 Å². The third-order valence-corrected chi connectivity index (χ3v) is 4.18. The molecule has 0 bridgehead atoms. The Kier molecular flexibility index (Phi) is 4.33. The number of carbonyl (C=O) groups excluding carboxylic acids is 2. The van der Waals surface area contributed by atoms with Crippen molar-refractivity contribution in [3.8, 4) is 11.3 Å². The van der Waals surface area contributed by atoms with E-state index in [0.29, 0.717) is 19.6 Å². The van der Waals surface area contributed by atoms with E-state index in [2.05, 4.69) is 14.9 Å². The maximum absolute atomic E-state index is 13.1. The maximum atomic E-state index is 13.1. The van der Waals surface area contributed by atoms with Crippen LogP contribution in [0.3, 0.4) is 0 Å². The number of fused-ring (bicyclic) bond motifs is 1. The lowest BCUT2D eigenvalue weighted by Gasteiger charge is -2.28. The quantitative estimate of drug-likeness (QED) is 0.927. The molecule has 2 heterocycles. The Balaban J connectivity index is 1.80. The van der Waals surface area contributed by atoms with Crippen LogP contribution < -0.4 is 5.32 Å². The summed E-state index contributed by atoms with van der Waals surface area (Å²) < 4.78 is 15.2. The molecule has 0 spiro atoms. The van der Waals surface area contributed by atoms with Crippen molar-refractivity contribution in [1.29, 1.82) is 0 Å². The van der Waals surface area contributed by atoms with Gasteiger partial charge < -0.3 is 14.8 Å². The van der Waals surface area contributed by atoms with E-state index < -0.39 is 0 Å². The molecule has 126 valence electrons. The minimum atomic E-state index is -0.282. The van der Waals surface area contributed by atoms with Gasteiger partial charge in [-0.2, -0.15) is 0 Å². The van der Waals surface area contributed by atoms with Gasteiger partial charge in [0.1, 0.15) is 11.6 Å². The highest BCUT2D eigenvalue weighted by molar-refractivity contribution is 5.83. The lowest BCUT2D eigenvalue weighted by Crippen LogP contribution is -2.43. The summed E-state index contributed by atoms with van der Waals surface area (Å²) in [5, 5.41) is 2.52. The number of amides is 2. The fourth-order valence-corrected chi connectivity index (χ4v) is 2.89. The Labute approximate surface area is 139 Å². The van der Waals surface area contributed by atoms with E-state index in [1.807, 2.05) is 6.92 Å². The van der Waals surface area contributed by atoms with Crippen molar-refractivity contribution in [2.24, 2.45) is 0 Å². The molecule has 0 saturated carbocycles. The Bertz CT molecular complexity index is 783. The molecule has 7 heteroatoms. The molecule has 0 fully saturated rings. The van der Waals surface area contributed by atoms with Gasteiger partial charge in [-0.3, -0.25) is 9.59 Å². The first-order chi connectivity index (χ1) is 11.5. The maximum Gasteiger partial charge on any atom is 0.242 e. The van der Waals surface area contributed by atoms with Crippen LogP contribution in [0.25, 0.3) is 11.3 Å². The molecule has 1 aliphatic heterocycles. The molecule has 0 atom stereocenters. The average Bonchev–Trinajstić information content (AvgIpc) is 2.89. The van der Waals surface area contributed by atoms with Gasteiger partial charge >= 0.3 is 0 Å². The summed E-state index contributed by atoms with van der Waals surface area (Å²) in [5.41, 5.74) is 2.67. The summed E-state index contributed by atoms with van der Waals surface area (Å²) in [6, 6.07) is 6.24. The molecule has 1 aliphatic rings. The number of aromatic nitrogens is 2. The first-order valence-corrected chi connectivity index (χ1v) is 7.80. The van der Waals surface area contributed by atoms with E-state index in [9.17, 15) is 14.0 Å². The third-order valence-electron chi connectivity index (χ3n) is 4.18. The van der Waals surface area contributed by atoms with Crippen molar-refractivity contribution in [2.45, 2.75) is 26.9 Å². The predicted molar refractivity (Wildman–Crippen MR) is 86.5 cm³/mol. The van der Waals surface area contributed by atoms with Gasteiger partial charge in [0, 0.05) is 31.3 Å². The van der Waals surface area contributed by atoms with E-state index in [1.165, 1.54) is 19.1 Å². The van der Waals surface area contributed by atoms with Gasteiger partial charge in [0.2, 0.25) is 11.8 Å². The van der Waals surface area contributed by atoms with Crippen LogP contribution >= 0.6 is 0 Å². The molecule has 1 aromatic carbocycles. The number of nitrogens with one attached hydrogen (secondary N) is 1. The van der Waals surface area contributed by atoms with Gasteiger partial charge in [-0.05, 0) is 31.2 Å². The molecule has 1 N–H and O–H groups in total. The van der Waals surface area contributed by atoms with Crippen LogP contribution in [0.4, 0.5) is 4.39 Å².